The Bertz CT molecular complexity index is 906. The fraction of sp³-hybridized carbons (Fsp3) is 0.364. The largest absolute Gasteiger partial charge is 0.489 e. The third kappa shape index (κ3) is 2.73. The molecule has 0 spiro atoms. The van der Waals surface area contributed by atoms with Gasteiger partial charge in [-0.15, -0.1) is 0 Å². The van der Waals surface area contributed by atoms with E-state index in [0.29, 0.717) is 23.8 Å². The predicted octanol–water partition coefficient (Wildman–Crippen LogP) is 4.31. The maximum atomic E-state index is 13.9. The van der Waals surface area contributed by atoms with Gasteiger partial charge in [-0.2, -0.15) is 5.10 Å². The fourth-order valence-corrected chi connectivity index (χ4v) is 4.58. The summed E-state index contributed by atoms with van der Waals surface area (Å²) in [5.74, 6) is 0.325. The second-order valence-corrected chi connectivity index (χ2v) is 7.55. The van der Waals surface area contributed by atoms with Gasteiger partial charge >= 0.3 is 0 Å². The van der Waals surface area contributed by atoms with Crippen molar-refractivity contribution in [2.24, 2.45) is 11.0 Å². The molecular weight excluding hydrogens is 343 g/mol. The minimum absolute atomic E-state index is 0.0595. The summed E-state index contributed by atoms with van der Waals surface area (Å²) in [5.41, 5.74) is 2.25. The first-order valence-electron chi connectivity index (χ1n) is 9.61. The van der Waals surface area contributed by atoms with Crippen LogP contribution in [-0.4, -0.2) is 24.1 Å². The van der Waals surface area contributed by atoms with Crippen LogP contribution in [0.4, 0.5) is 10.1 Å². The van der Waals surface area contributed by atoms with Crippen molar-refractivity contribution in [3.63, 3.8) is 0 Å². The number of fused-ring (bicyclic) bond motifs is 3. The molecule has 5 rings (SSSR count). The summed E-state index contributed by atoms with van der Waals surface area (Å²) in [5, 5.41) is 6.56. The van der Waals surface area contributed by atoms with E-state index < -0.39 is 0 Å². The van der Waals surface area contributed by atoms with Crippen molar-refractivity contribution in [3.8, 4) is 5.75 Å². The molecule has 4 nitrogen and oxygen atoms in total. The van der Waals surface area contributed by atoms with Gasteiger partial charge in [-0.05, 0) is 30.5 Å². The van der Waals surface area contributed by atoms with E-state index in [0.717, 1.165) is 31.2 Å². The van der Waals surface area contributed by atoms with E-state index in [1.54, 1.807) is 6.07 Å². The Balaban J connectivity index is 1.60. The van der Waals surface area contributed by atoms with Crippen LogP contribution >= 0.6 is 0 Å². The van der Waals surface area contributed by atoms with Crippen LogP contribution in [0.2, 0.25) is 0 Å². The zero-order valence-electron chi connectivity index (χ0n) is 15.0. The van der Waals surface area contributed by atoms with Crippen LogP contribution in [0.5, 0.6) is 5.75 Å². The smallest absolute Gasteiger partial charge is 0.182 e. The van der Waals surface area contributed by atoms with Crippen molar-refractivity contribution < 1.29 is 13.9 Å². The summed E-state index contributed by atoms with van der Waals surface area (Å²) in [4.78, 5) is 13.3. The topological polar surface area (TPSA) is 41.9 Å². The monoisotopic (exact) mass is 364 g/mol. The fourth-order valence-electron chi connectivity index (χ4n) is 4.58. The van der Waals surface area contributed by atoms with Crippen molar-refractivity contribution in [3.05, 3.63) is 59.9 Å². The second kappa shape index (κ2) is 6.48. The van der Waals surface area contributed by atoms with E-state index in [-0.39, 0.29) is 29.5 Å². The van der Waals surface area contributed by atoms with E-state index in [9.17, 15) is 9.18 Å². The molecule has 0 aromatic heterocycles. The molecule has 1 aliphatic carbocycles. The molecule has 2 heterocycles. The second-order valence-electron chi connectivity index (χ2n) is 7.55. The van der Waals surface area contributed by atoms with Gasteiger partial charge in [0.1, 0.15) is 29.6 Å². The molecule has 0 radical (unpaired) electrons. The molecule has 138 valence electrons. The van der Waals surface area contributed by atoms with Crippen LogP contribution in [0.25, 0.3) is 0 Å². The predicted molar refractivity (Wildman–Crippen MR) is 102 cm³/mol. The number of hydrogen-bond donors (Lipinski definition) is 0. The molecule has 2 atom stereocenters. The van der Waals surface area contributed by atoms with Crippen molar-refractivity contribution in [2.75, 3.05) is 11.6 Å². The Morgan fingerprint density at radius 1 is 1.11 bits per heavy atom. The minimum atomic E-state index is -0.333. The highest BCUT2D eigenvalue weighted by molar-refractivity contribution is 6.43. The lowest BCUT2D eigenvalue weighted by Crippen LogP contribution is -2.41. The summed E-state index contributed by atoms with van der Waals surface area (Å²) in [7, 11) is 0. The molecular formula is C22H21FN2O2. The number of rotatable bonds is 3. The molecule has 0 amide bonds. The van der Waals surface area contributed by atoms with E-state index in [2.05, 4.69) is 0 Å². The molecule has 3 aliphatic rings. The van der Waals surface area contributed by atoms with Crippen molar-refractivity contribution >= 4 is 17.2 Å². The quantitative estimate of drug-likeness (QED) is 0.815. The van der Waals surface area contributed by atoms with Crippen LogP contribution in [0, 0.1) is 11.7 Å². The van der Waals surface area contributed by atoms with Gasteiger partial charge < -0.3 is 4.74 Å². The summed E-state index contributed by atoms with van der Waals surface area (Å²) in [6, 6.07) is 14.3. The summed E-state index contributed by atoms with van der Waals surface area (Å²) in [6.07, 6.45) is 4.07. The van der Waals surface area contributed by atoms with Crippen LogP contribution < -0.4 is 9.75 Å². The SMILES string of the molecule is O=C(C1=NN2c3cc(F)ccc3OC[C@H]2[C@H]1c1ccccc1)C1CCCC1. The Morgan fingerprint density at radius 2 is 1.89 bits per heavy atom. The van der Waals surface area contributed by atoms with Gasteiger partial charge in [0.2, 0.25) is 0 Å². The van der Waals surface area contributed by atoms with Crippen molar-refractivity contribution in [1.82, 2.24) is 0 Å². The van der Waals surface area contributed by atoms with Gasteiger partial charge in [-0.25, -0.2) is 4.39 Å². The number of halogens is 1. The Morgan fingerprint density at radius 3 is 2.67 bits per heavy atom. The van der Waals surface area contributed by atoms with Gasteiger partial charge in [0.15, 0.2) is 5.78 Å². The van der Waals surface area contributed by atoms with Gasteiger partial charge in [0, 0.05) is 12.0 Å². The number of carbonyl (C=O) groups is 1. The molecule has 27 heavy (non-hydrogen) atoms. The lowest BCUT2D eigenvalue weighted by molar-refractivity contribution is -0.116. The van der Waals surface area contributed by atoms with Crippen molar-refractivity contribution in [2.45, 2.75) is 37.6 Å². The molecule has 0 N–H and O–H groups in total. The highest BCUT2D eigenvalue weighted by Gasteiger charge is 2.46. The number of nitrogens with zero attached hydrogens (tertiary/aromatic N) is 2. The Labute approximate surface area is 157 Å². The molecule has 2 aromatic rings. The first-order chi connectivity index (χ1) is 13.2. The summed E-state index contributed by atoms with van der Waals surface area (Å²) < 4.78 is 19.8. The molecule has 1 saturated carbocycles. The molecule has 0 bridgehead atoms. The van der Waals surface area contributed by atoms with Crippen molar-refractivity contribution in [1.29, 1.82) is 0 Å². The summed E-state index contributed by atoms with van der Waals surface area (Å²) >= 11 is 0. The Kier molecular flexibility index (Phi) is 3.96. The van der Waals surface area contributed by atoms with Crippen LogP contribution in [-0.2, 0) is 4.79 Å². The molecule has 1 fully saturated rings. The normalized spacial score (nSPS) is 24.2. The molecule has 5 heteroatoms. The molecule has 2 aliphatic heterocycles. The lowest BCUT2D eigenvalue weighted by Gasteiger charge is -2.33. The maximum absolute atomic E-state index is 13.9. The number of ketones is 1. The highest BCUT2D eigenvalue weighted by Crippen LogP contribution is 2.44. The van der Waals surface area contributed by atoms with Crippen LogP contribution in [0.15, 0.2) is 53.6 Å². The van der Waals surface area contributed by atoms with E-state index in [1.165, 1.54) is 12.1 Å². The van der Waals surface area contributed by atoms with E-state index in [4.69, 9.17) is 9.84 Å². The standard InChI is InChI=1S/C22H21FN2O2/c23-16-10-11-19-17(12-16)25-18(13-27-19)20(14-6-2-1-3-7-14)21(24-25)22(26)15-8-4-5-9-15/h1-3,6-7,10-12,15,18,20H,4-5,8-9,13H2/t18-,20+/m0/s1. The number of hydrogen-bond acceptors (Lipinski definition) is 4. The third-order valence-corrected chi connectivity index (χ3v) is 5.92. The first-order valence-corrected chi connectivity index (χ1v) is 9.61. The number of anilines is 1. The number of carbonyl (C=O) groups excluding carboxylic acids is 1. The van der Waals surface area contributed by atoms with Gasteiger partial charge in [-0.1, -0.05) is 43.2 Å². The van der Waals surface area contributed by atoms with Gasteiger partial charge in [0.25, 0.3) is 0 Å². The number of hydrazone groups is 1. The minimum Gasteiger partial charge on any atom is -0.489 e. The number of ether oxygens (including phenoxy) is 1. The third-order valence-electron chi connectivity index (χ3n) is 5.92. The zero-order valence-corrected chi connectivity index (χ0v) is 15.0. The lowest BCUT2D eigenvalue weighted by atomic mass is 9.83. The first kappa shape index (κ1) is 16.5. The van der Waals surface area contributed by atoms with Crippen LogP contribution in [0.3, 0.4) is 0 Å². The zero-order chi connectivity index (χ0) is 18.4. The van der Waals surface area contributed by atoms with E-state index >= 15 is 0 Å². The van der Waals surface area contributed by atoms with Gasteiger partial charge in [-0.3, -0.25) is 9.80 Å². The Hall–Kier alpha value is -2.69. The molecule has 2 aromatic carbocycles. The van der Waals surface area contributed by atoms with Crippen LogP contribution in [0.1, 0.15) is 37.2 Å². The number of Topliss-reactive ketones (excluding diaryl/α,β-unsaturated/α-hetero) is 1. The average Bonchev–Trinajstić information content (AvgIpc) is 3.36. The van der Waals surface area contributed by atoms with Gasteiger partial charge in [0.05, 0.1) is 12.0 Å². The number of benzene rings is 2. The molecule has 0 saturated heterocycles. The molecule has 0 unspecified atom stereocenters. The maximum Gasteiger partial charge on any atom is 0.182 e. The average molecular weight is 364 g/mol. The summed E-state index contributed by atoms with van der Waals surface area (Å²) in [6.45, 7) is 0.420. The van der Waals surface area contributed by atoms with E-state index in [1.807, 2.05) is 35.3 Å². The highest BCUT2D eigenvalue weighted by atomic mass is 19.1.